The largest absolute Gasteiger partial charge is 0.496 e. The van der Waals surface area contributed by atoms with Gasteiger partial charge in [0.1, 0.15) is 28.7 Å². The van der Waals surface area contributed by atoms with E-state index in [1.807, 2.05) is 0 Å². The highest BCUT2D eigenvalue weighted by molar-refractivity contribution is 5.95. The number of ether oxygens (including phenoxy) is 2. The van der Waals surface area contributed by atoms with Crippen LogP contribution < -0.4 is 14.8 Å². The molecule has 0 aliphatic heterocycles. The third kappa shape index (κ3) is 4.11. The normalized spacial score (nSPS) is 13.0. The van der Waals surface area contributed by atoms with Crippen molar-refractivity contribution in [1.29, 1.82) is 0 Å². The number of benzene rings is 2. The first kappa shape index (κ1) is 19.7. The fourth-order valence-corrected chi connectivity index (χ4v) is 2.59. The fraction of sp³-hybridized carbons (Fsp3) is 0.316. The predicted octanol–water partition coefficient (Wildman–Crippen LogP) is 2.93. The molecule has 0 heterocycles. The Kier molecular flexibility index (Phi) is 5.82. The second kappa shape index (κ2) is 7.70. The molecule has 2 N–H and O–H groups in total. The molecule has 26 heavy (non-hydrogen) atoms. The van der Waals surface area contributed by atoms with Gasteiger partial charge in [0.25, 0.3) is 5.91 Å². The molecule has 140 valence electrons. The van der Waals surface area contributed by atoms with Crippen LogP contribution in [-0.4, -0.2) is 31.8 Å². The summed E-state index contributed by atoms with van der Waals surface area (Å²) in [5, 5.41) is 13.0. The zero-order valence-corrected chi connectivity index (χ0v) is 15.0. The average molecular weight is 365 g/mol. The minimum absolute atomic E-state index is 0.113. The van der Waals surface area contributed by atoms with Crippen LogP contribution in [0.4, 0.5) is 8.78 Å². The van der Waals surface area contributed by atoms with Gasteiger partial charge in [0.05, 0.1) is 20.8 Å². The predicted molar refractivity (Wildman–Crippen MR) is 92.5 cm³/mol. The molecular weight excluding hydrogens is 344 g/mol. The molecule has 0 bridgehead atoms. The van der Waals surface area contributed by atoms with Gasteiger partial charge in [0.15, 0.2) is 0 Å². The highest BCUT2D eigenvalue weighted by Gasteiger charge is 2.28. The Morgan fingerprint density at radius 2 is 1.73 bits per heavy atom. The fourth-order valence-electron chi connectivity index (χ4n) is 2.59. The highest BCUT2D eigenvalue weighted by Crippen LogP contribution is 2.29. The molecule has 5 nitrogen and oxygen atoms in total. The first-order valence-corrected chi connectivity index (χ1v) is 7.88. The van der Waals surface area contributed by atoms with Crippen LogP contribution in [0, 0.1) is 18.6 Å². The lowest BCUT2D eigenvalue weighted by Gasteiger charge is -2.25. The third-order valence-corrected chi connectivity index (χ3v) is 4.12. The number of aliphatic hydroxyl groups is 1. The summed E-state index contributed by atoms with van der Waals surface area (Å²) in [4.78, 5) is 12.4. The number of carbonyl (C=O) groups is 1. The molecule has 0 spiro atoms. The van der Waals surface area contributed by atoms with Gasteiger partial charge in [-0.2, -0.15) is 0 Å². The van der Waals surface area contributed by atoms with Gasteiger partial charge >= 0.3 is 0 Å². The summed E-state index contributed by atoms with van der Waals surface area (Å²) < 4.78 is 37.4. The number of amides is 1. The van der Waals surface area contributed by atoms with E-state index in [1.165, 1.54) is 21.1 Å². The highest BCUT2D eigenvalue weighted by atomic mass is 19.1. The van der Waals surface area contributed by atoms with Crippen LogP contribution in [0.2, 0.25) is 0 Å². The summed E-state index contributed by atoms with van der Waals surface area (Å²) in [5.41, 5.74) is -0.823. The first-order valence-electron chi connectivity index (χ1n) is 7.88. The Morgan fingerprint density at radius 3 is 2.23 bits per heavy atom. The van der Waals surface area contributed by atoms with Gasteiger partial charge in [-0.3, -0.25) is 4.79 Å². The number of hydrogen-bond acceptors (Lipinski definition) is 4. The van der Waals surface area contributed by atoms with Gasteiger partial charge < -0.3 is 19.9 Å². The quantitative estimate of drug-likeness (QED) is 0.826. The van der Waals surface area contributed by atoms with Crippen LogP contribution in [0.5, 0.6) is 11.5 Å². The van der Waals surface area contributed by atoms with Crippen molar-refractivity contribution in [3.8, 4) is 11.5 Å². The maximum Gasteiger partial charge on any atom is 0.251 e. The summed E-state index contributed by atoms with van der Waals surface area (Å²) in [6, 6.07) is 5.96. The van der Waals surface area contributed by atoms with Crippen LogP contribution in [0.25, 0.3) is 0 Å². The molecule has 2 aromatic carbocycles. The van der Waals surface area contributed by atoms with Gasteiger partial charge in [0.2, 0.25) is 0 Å². The van der Waals surface area contributed by atoms with E-state index in [1.54, 1.807) is 19.1 Å². The van der Waals surface area contributed by atoms with Crippen molar-refractivity contribution in [3.63, 3.8) is 0 Å². The van der Waals surface area contributed by atoms with Gasteiger partial charge in [-0.25, -0.2) is 8.78 Å². The van der Waals surface area contributed by atoms with Crippen LogP contribution in [0.1, 0.15) is 28.4 Å². The number of halogens is 2. The molecule has 0 fully saturated rings. The molecule has 1 amide bonds. The topological polar surface area (TPSA) is 67.8 Å². The third-order valence-electron chi connectivity index (χ3n) is 4.12. The number of methoxy groups -OCH3 is 2. The van der Waals surface area contributed by atoms with E-state index >= 15 is 0 Å². The summed E-state index contributed by atoms with van der Waals surface area (Å²) in [6.07, 6.45) is 0. The standard InChI is InChI=1S/C19H21F2NO4/c1-11-16(25-3)7-12(8-17(11)26-4)18(23)22-10-19(2,24)14-6-5-13(20)9-15(14)21/h5-9,24H,10H2,1-4H3,(H,22,23)/t19-/m0/s1. The Morgan fingerprint density at radius 1 is 1.15 bits per heavy atom. The lowest BCUT2D eigenvalue weighted by atomic mass is 9.95. The van der Waals surface area contributed by atoms with Crippen molar-refractivity contribution in [2.45, 2.75) is 19.4 Å². The molecule has 2 rings (SSSR count). The SMILES string of the molecule is COc1cc(C(=O)NC[C@](C)(O)c2ccc(F)cc2F)cc(OC)c1C. The molecule has 0 aromatic heterocycles. The molecule has 0 radical (unpaired) electrons. The lowest BCUT2D eigenvalue weighted by Crippen LogP contribution is -2.39. The van der Waals surface area contributed by atoms with Crippen LogP contribution in [-0.2, 0) is 5.60 Å². The van der Waals surface area contributed by atoms with Gasteiger partial charge in [0, 0.05) is 22.8 Å². The van der Waals surface area contributed by atoms with E-state index in [0.29, 0.717) is 17.6 Å². The van der Waals surface area contributed by atoms with Crippen LogP contribution >= 0.6 is 0 Å². The minimum atomic E-state index is -1.72. The van der Waals surface area contributed by atoms with Crippen molar-refractivity contribution in [3.05, 3.63) is 58.7 Å². The van der Waals surface area contributed by atoms with Crippen molar-refractivity contribution >= 4 is 5.91 Å². The van der Waals surface area contributed by atoms with E-state index in [9.17, 15) is 18.7 Å². The number of rotatable bonds is 6. The molecule has 0 saturated heterocycles. The van der Waals surface area contributed by atoms with Crippen LogP contribution in [0.15, 0.2) is 30.3 Å². The zero-order valence-electron chi connectivity index (χ0n) is 15.0. The summed E-state index contributed by atoms with van der Waals surface area (Å²) in [7, 11) is 2.96. The molecule has 7 heteroatoms. The monoisotopic (exact) mass is 365 g/mol. The Balaban J connectivity index is 2.20. The maximum atomic E-state index is 13.9. The number of hydrogen-bond donors (Lipinski definition) is 2. The molecule has 2 aromatic rings. The smallest absolute Gasteiger partial charge is 0.251 e. The second-order valence-electron chi connectivity index (χ2n) is 6.09. The molecule has 0 aliphatic rings. The summed E-state index contributed by atoms with van der Waals surface area (Å²) >= 11 is 0. The Labute approximate surface area is 150 Å². The molecular formula is C19H21F2NO4. The van der Waals surface area contributed by atoms with E-state index < -0.39 is 23.1 Å². The van der Waals surface area contributed by atoms with Crippen LogP contribution in [0.3, 0.4) is 0 Å². The molecule has 0 unspecified atom stereocenters. The zero-order chi connectivity index (χ0) is 19.5. The van der Waals surface area contributed by atoms with E-state index in [4.69, 9.17) is 9.47 Å². The summed E-state index contributed by atoms with van der Waals surface area (Å²) in [6.45, 7) is 2.86. The maximum absolute atomic E-state index is 13.9. The number of carbonyl (C=O) groups excluding carboxylic acids is 1. The van der Waals surface area contributed by atoms with E-state index in [0.717, 1.165) is 17.7 Å². The minimum Gasteiger partial charge on any atom is -0.496 e. The second-order valence-corrected chi connectivity index (χ2v) is 6.09. The van der Waals surface area contributed by atoms with Gasteiger partial charge in [-0.1, -0.05) is 6.07 Å². The van der Waals surface area contributed by atoms with Crippen molar-refractivity contribution in [2.75, 3.05) is 20.8 Å². The molecule has 0 aliphatic carbocycles. The summed E-state index contributed by atoms with van der Waals surface area (Å²) in [5.74, 6) is -1.17. The van der Waals surface area contributed by atoms with Gasteiger partial charge in [-0.05, 0) is 32.0 Å². The van der Waals surface area contributed by atoms with Crippen molar-refractivity contribution < 1.29 is 28.2 Å². The molecule has 0 saturated carbocycles. The average Bonchev–Trinajstić information content (AvgIpc) is 2.59. The van der Waals surface area contributed by atoms with E-state index in [2.05, 4.69) is 5.32 Å². The Hall–Kier alpha value is -2.67. The lowest BCUT2D eigenvalue weighted by molar-refractivity contribution is 0.0494. The Bertz CT molecular complexity index is 796. The van der Waals surface area contributed by atoms with E-state index in [-0.39, 0.29) is 17.7 Å². The first-order chi connectivity index (χ1) is 12.2. The van der Waals surface area contributed by atoms with Gasteiger partial charge in [-0.15, -0.1) is 0 Å². The molecule has 1 atom stereocenters. The van der Waals surface area contributed by atoms with Crippen molar-refractivity contribution in [2.24, 2.45) is 0 Å². The van der Waals surface area contributed by atoms with Crippen molar-refractivity contribution in [1.82, 2.24) is 5.32 Å². The number of nitrogens with one attached hydrogen (secondary N) is 1.